The summed E-state index contributed by atoms with van der Waals surface area (Å²) in [6.07, 6.45) is 5.83. The molecule has 1 aromatic carbocycles. The van der Waals surface area contributed by atoms with Gasteiger partial charge in [0, 0.05) is 26.2 Å². The van der Waals surface area contributed by atoms with E-state index in [1.165, 1.54) is 30.6 Å². The van der Waals surface area contributed by atoms with Gasteiger partial charge in [0.25, 0.3) is 0 Å². The van der Waals surface area contributed by atoms with E-state index in [2.05, 4.69) is 21.3 Å². The Bertz CT molecular complexity index is 828. The first-order valence-electron chi connectivity index (χ1n) is 10.0. The molecule has 28 heavy (non-hydrogen) atoms. The summed E-state index contributed by atoms with van der Waals surface area (Å²) < 4.78 is 12.0. The number of carbonyl (C=O) groups excluding carboxylic acids is 1. The number of nitrogens with one attached hydrogen (secondary N) is 1. The molecule has 8 heteroatoms. The maximum absolute atomic E-state index is 12.8. The Hall–Kier alpha value is -2.06. The smallest absolute Gasteiger partial charge is 0.323 e. The van der Waals surface area contributed by atoms with Crippen LogP contribution in [0.3, 0.4) is 0 Å². The van der Waals surface area contributed by atoms with E-state index >= 15 is 0 Å². The summed E-state index contributed by atoms with van der Waals surface area (Å²) in [7, 11) is 3.54. The van der Waals surface area contributed by atoms with Crippen LogP contribution in [0.1, 0.15) is 32.1 Å². The molecule has 0 bridgehead atoms. The van der Waals surface area contributed by atoms with Crippen molar-refractivity contribution in [2.45, 2.75) is 38.1 Å². The highest BCUT2D eigenvalue weighted by Crippen LogP contribution is 2.39. The second-order valence-corrected chi connectivity index (χ2v) is 8.42. The number of hydrogen-bond donors (Lipinski definition) is 1. The number of methoxy groups -OCH3 is 1. The second-order valence-electron chi connectivity index (χ2n) is 7.42. The van der Waals surface area contributed by atoms with Crippen LogP contribution in [0.15, 0.2) is 12.1 Å². The largest absolute Gasteiger partial charge is 0.494 e. The van der Waals surface area contributed by atoms with E-state index in [1.807, 2.05) is 18.0 Å². The number of morpholine rings is 1. The Balaban J connectivity index is 1.58. The minimum Gasteiger partial charge on any atom is -0.494 e. The van der Waals surface area contributed by atoms with Gasteiger partial charge >= 0.3 is 6.03 Å². The average molecular weight is 405 g/mol. The van der Waals surface area contributed by atoms with Crippen molar-refractivity contribution in [3.05, 3.63) is 12.1 Å². The number of urea groups is 1. The molecule has 152 valence electrons. The zero-order valence-electron chi connectivity index (χ0n) is 16.6. The Morgan fingerprint density at radius 3 is 2.75 bits per heavy atom. The van der Waals surface area contributed by atoms with Gasteiger partial charge in [0.05, 0.1) is 30.7 Å². The van der Waals surface area contributed by atoms with Crippen LogP contribution in [-0.4, -0.2) is 62.4 Å². The first kappa shape index (κ1) is 19.3. The molecule has 1 aromatic heterocycles. The summed E-state index contributed by atoms with van der Waals surface area (Å²) in [4.78, 5) is 21.6. The molecule has 1 aliphatic heterocycles. The minimum absolute atomic E-state index is 0.0853. The van der Waals surface area contributed by atoms with Gasteiger partial charge in [-0.25, -0.2) is 9.78 Å². The Morgan fingerprint density at radius 2 is 2.04 bits per heavy atom. The van der Waals surface area contributed by atoms with Crippen molar-refractivity contribution in [2.75, 3.05) is 50.7 Å². The van der Waals surface area contributed by atoms with Crippen LogP contribution in [0.4, 0.5) is 15.6 Å². The number of anilines is 2. The molecule has 7 nitrogen and oxygen atoms in total. The van der Waals surface area contributed by atoms with Crippen LogP contribution < -0.4 is 15.0 Å². The van der Waals surface area contributed by atoms with Crippen molar-refractivity contribution in [3.63, 3.8) is 0 Å². The molecular formula is C20H28N4O3S. The molecule has 2 aromatic rings. The van der Waals surface area contributed by atoms with Gasteiger partial charge in [-0.1, -0.05) is 30.6 Å². The van der Waals surface area contributed by atoms with E-state index in [4.69, 9.17) is 9.47 Å². The third kappa shape index (κ3) is 3.89. The molecule has 4 rings (SSSR count). The van der Waals surface area contributed by atoms with Gasteiger partial charge in [0.1, 0.15) is 11.3 Å². The molecule has 2 amide bonds. The molecule has 0 atom stereocenters. The molecule has 1 saturated carbocycles. The Labute approximate surface area is 169 Å². The van der Waals surface area contributed by atoms with Crippen LogP contribution in [0.5, 0.6) is 5.75 Å². The fraction of sp³-hybridized carbons (Fsp3) is 0.600. The predicted molar refractivity (Wildman–Crippen MR) is 113 cm³/mol. The van der Waals surface area contributed by atoms with E-state index in [9.17, 15) is 4.79 Å². The van der Waals surface area contributed by atoms with E-state index in [0.29, 0.717) is 11.2 Å². The zero-order chi connectivity index (χ0) is 19.5. The zero-order valence-corrected chi connectivity index (χ0v) is 17.4. The summed E-state index contributed by atoms with van der Waals surface area (Å²) in [5.41, 5.74) is 1.92. The Kier molecular flexibility index (Phi) is 5.87. The molecule has 0 spiro atoms. The molecule has 1 N–H and O–H groups in total. The number of fused-ring (bicyclic) bond motifs is 1. The van der Waals surface area contributed by atoms with E-state index in [-0.39, 0.29) is 6.03 Å². The van der Waals surface area contributed by atoms with Gasteiger partial charge in [-0.05, 0) is 25.0 Å². The Morgan fingerprint density at radius 1 is 1.29 bits per heavy atom. The maximum atomic E-state index is 12.8. The van der Waals surface area contributed by atoms with Crippen LogP contribution in [0.2, 0.25) is 0 Å². The highest BCUT2D eigenvalue weighted by Gasteiger charge is 2.24. The topological polar surface area (TPSA) is 66.9 Å². The lowest BCUT2D eigenvalue weighted by Gasteiger charge is -2.30. The summed E-state index contributed by atoms with van der Waals surface area (Å²) in [6, 6.07) is 4.26. The third-order valence-electron chi connectivity index (χ3n) is 5.71. The fourth-order valence-electron chi connectivity index (χ4n) is 4.06. The monoisotopic (exact) mass is 404 g/mol. The number of benzene rings is 1. The molecule has 2 aliphatic rings. The number of ether oxygens (including phenoxy) is 2. The quantitative estimate of drug-likeness (QED) is 0.836. The average Bonchev–Trinajstić information content (AvgIpc) is 3.17. The number of hydrogen-bond acceptors (Lipinski definition) is 6. The highest BCUT2D eigenvalue weighted by molar-refractivity contribution is 7.23. The van der Waals surface area contributed by atoms with Crippen molar-refractivity contribution in [3.8, 4) is 5.75 Å². The maximum Gasteiger partial charge on any atom is 0.323 e. The lowest BCUT2D eigenvalue weighted by atomic mass is 9.95. The van der Waals surface area contributed by atoms with Gasteiger partial charge in [0.15, 0.2) is 5.13 Å². The van der Waals surface area contributed by atoms with E-state index in [1.54, 1.807) is 7.11 Å². The van der Waals surface area contributed by atoms with Crippen LogP contribution in [0.25, 0.3) is 10.2 Å². The summed E-state index contributed by atoms with van der Waals surface area (Å²) in [5.74, 6) is 0.726. The third-order valence-corrected chi connectivity index (χ3v) is 6.71. The van der Waals surface area contributed by atoms with Crippen molar-refractivity contribution in [1.82, 2.24) is 9.88 Å². The molecule has 1 aliphatic carbocycles. The van der Waals surface area contributed by atoms with Gasteiger partial charge < -0.3 is 19.3 Å². The van der Waals surface area contributed by atoms with Gasteiger partial charge in [0.2, 0.25) is 0 Å². The van der Waals surface area contributed by atoms with Crippen molar-refractivity contribution in [2.24, 2.45) is 0 Å². The normalized spacial score (nSPS) is 18.3. The second kappa shape index (κ2) is 8.53. The van der Waals surface area contributed by atoms with Crippen LogP contribution in [0, 0.1) is 0 Å². The number of aromatic nitrogens is 1. The van der Waals surface area contributed by atoms with Gasteiger partial charge in [-0.3, -0.25) is 5.32 Å². The van der Waals surface area contributed by atoms with Crippen molar-refractivity contribution < 1.29 is 14.3 Å². The number of carbonyl (C=O) groups is 1. The predicted octanol–water partition coefficient (Wildman–Crippen LogP) is 3.94. The highest BCUT2D eigenvalue weighted by atomic mass is 32.1. The van der Waals surface area contributed by atoms with E-state index < -0.39 is 0 Å². The first-order valence-corrected chi connectivity index (χ1v) is 10.8. The minimum atomic E-state index is -0.0853. The lowest BCUT2D eigenvalue weighted by molar-refractivity contribution is 0.123. The number of thiazole rings is 1. The number of amides is 2. The molecule has 2 heterocycles. The summed E-state index contributed by atoms with van der Waals surface area (Å²) >= 11 is 1.51. The standard InChI is InChI=1S/C20H28N4O3S/c1-23(14-6-4-3-5-7-14)20(25)22-19-21-17-16(26-2)9-8-15(18(17)28-19)24-10-12-27-13-11-24/h8-9,14H,3-7,10-13H2,1-2H3,(H,21,22,25). The SMILES string of the molecule is COc1ccc(N2CCOCC2)c2sc(NC(=O)N(C)C3CCCCC3)nc12. The van der Waals surface area contributed by atoms with E-state index in [0.717, 1.165) is 60.8 Å². The van der Waals surface area contributed by atoms with Gasteiger partial charge in [-0.15, -0.1) is 0 Å². The summed E-state index contributed by atoms with van der Waals surface area (Å²) in [5, 5.41) is 3.62. The van der Waals surface area contributed by atoms with Gasteiger partial charge in [-0.2, -0.15) is 0 Å². The lowest BCUT2D eigenvalue weighted by Crippen LogP contribution is -2.40. The van der Waals surface area contributed by atoms with Crippen molar-refractivity contribution >= 4 is 38.4 Å². The summed E-state index contributed by atoms with van der Waals surface area (Å²) in [6.45, 7) is 3.15. The molecular weight excluding hydrogens is 376 g/mol. The molecule has 0 radical (unpaired) electrons. The molecule has 2 fully saturated rings. The molecule has 0 unspecified atom stereocenters. The fourth-order valence-corrected chi connectivity index (χ4v) is 5.07. The number of nitrogens with zero attached hydrogens (tertiary/aromatic N) is 3. The van der Waals surface area contributed by atoms with Crippen molar-refractivity contribution in [1.29, 1.82) is 0 Å². The van der Waals surface area contributed by atoms with Crippen LogP contribution in [-0.2, 0) is 4.74 Å². The number of rotatable bonds is 4. The molecule has 1 saturated heterocycles. The first-order chi connectivity index (χ1) is 13.7. The van der Waals surface area contributed by atoms with Crippen LogP contribution >= 0.6 is 11.3 Å².